The van der Waals surface area contributed by atoms with Gasteiger partial charge in [0.15, 0.2) is 6.71 Å². The van der Waals surface area contributed by atoms with Gasteiger partial charge in [0.05, 0.1) is 0 Å². The molecule has 0 saturated heterocycles. The van der Waals surface area contributed by atoms with Crippen LogP contribution in [-0.4, -0.2) is 6.71 Å². The van der Waals surface area contributed by atoms with E-state index < -0.39 is 0 Å². The zero-order chi connectivity index (χ0) is 16.0. The fourth-order valence-electron chi connectivity index (χ4n) is 3.46. The molecule has 0 aliphatic rings. The second-order valence-electron chi connectivity index (χ2n) is 6.84. The van der Waals surface area contributed by atoms with Crippen molar-refractivity contribution < 1.29 is 0 Å². The van der Waals surface area contributed by atoms with Crippen LogP contribution in [0.1, 0.15) is 84.1 Å². The van der Waals surface area contributed by atoms with E-state index in [0.717, 1.165) is 6.71 Å². The lowest BCUT2D eigenvalue weighted by atomic mass is 9.38. The summed E-state index contributed by atoms with van der Waals surface area (Å²) in [5.41, 5.74) is 3.31. The molecule has 0 saturated carbocycles. The standard InChI is InChI=1S/C21H37B/c1-4-7-10-15-20-16-11-12-17-21(20)22(18-13-8-5-2)19-14-9-6-3/h11-12,16-17H,4-10,13-15,18-19H2,1-3H3. The van der Waals surface area contributed by atoms with E-state index in [9.17, 15) is 0 Å². The van der Waals surface area contributed by atoms with Crippen molar-refractivity contribution in [3.05, 3.63) is 29.8 Å². The van der Waals surface area contributed by atoms with E-state index in [4.69, 9.17) is 0 Å². The molecule has 0 atom stereocenters. The molecule has 0 nitrogen and oxygen atoms in total. The van der Waals surface area contributed by atoms with Gasteiger partial charge in [0.25, 0.3) is 0 Å². The van der Waals surface area contributed by atoms with Crippen molar-refractivity contribution in [2.24, 2.45) is 0 Å². The SMILES string of the molecule is CCCCCB(CCCCC)c1ccccc1CCCCC. The van der Waals surface area contributed by atoms with Crippen LogP contribution in [0.5, 0.6) is 0 Å². The summed E-state index contributed by atoms with van der Waals surface area (Å²) in [4.78, 5) is 0. The van der Waals surface area contributed by atoms with Gasteiger partial charge >= 0.3 is 0 Å². The molecular formula is C21H37B. The van der Waals surface area contributed by atoms with Crippen molar-refractivity contribution in [1.29, 1.82) is 0 Å². The molecule has 22 heavy (non-hydrogen) atoms. The Labute approximate surface area is 140 Å². The third-order valence-electron chi connectivity index (χ3n) is 4.86. The Kier molecular flexibility index (Phi) is 11.2. The van der Waals surface area contributed by atoms with Gasteiger partial charge in [-0.3, -0.25) is 0 Å². The fourth-order valence-corrected chi connectivity index (χ4v) is 3.46. The topological polar surface area (TPSA) is 0 Å². The molecular weight excluding hydrogens is 263 g/mol. The van der Waals surface area contributed by atoms with E-state index >= 15 is 0 Å². The largest absolute Gasteiger partial charge is 0.176 e. The predicted octanol–water partition coefficient (Wildman–Crippen LogP) is 6.50. The van der Waals surface area contributed by atoms with E-state index in [1.165, 1.54) is 76.8 Å². The van der Waals surface area contributed by atoms with Crippen molar-refractivity contribution in [2.45, 2.75) is 97.6 Å². The number of rotatable bonds is 13. The number of hydrogen-bond donors (Lipinski definition) is 0. The molecule has 1 heteroatoms. The summed E-state index contributed by atoms with van der Waals surface area (Å²) in [6.07, 6.45) is 16.3. The number of unbranched alkanes of at least 4 members (excludes halogenated alkanes) is 6. The van der Waals surface area contributed by atoms with E-state index in [1.54, 1.807) is 11.0 Å². The molecule has 0 bridgehead atoms. The van der Waals surface area contributed by atoms with E-state index in [-0.39, 0.29) is 0 Å². The summed E-state index contributed by atoms with van der Waals surface area (Å²) in [5.74, 6) is 0. The van der Waals surface area contributed by atoms with Crippen molar-refractivity contribution in [2.75, 3.05) is 0 Å². The summed E-state index contributed by atoms with van der Waals surface area (Å²) in [5, 5.41) is 0. The smallest absolute Gasteiger partial charge is 0.0769 e. The average molecular weight is 300 g/mol. The molecule has 1 aromatic carbocycles. The first-order chi connectivity index (χ1) is 10.8. The minimum atomic E-state index is 0.802. The summed E-state index contributed by atoms with van der Waals surface area (Å²) >= 11 is 0. The van der Waals surface area contributed by atoms with E-state index in [2.05, 4.69) is 45.0 Å². The molecule has 124 valence electrons. The van der Waals surface area contributed by atoms with Crippen molar-refractivity contribution >= 4 is 12.2 Å². The van der Waals surface area contributed by atoms with E-state index in [1.807, 2.05) is 0 Å². The van der Waals surface area contributed by atoms with Crippen LogP contribution in [0.15, 0.2) is 24.3 Å². The first-order valence-electron chi connectivity index (χ1n) is 9.91. The van der Waals surface area contributed by atoms with E-state index in [0.29, 0.717) is 0 Å². The van der Waals surface area contributed by atoms with Gasteiger partial charge in [-0.15, -0.1) is 0 Å². The normalized spacial score (nSPS) is 10.9. The van der Waals surface area contributed by atoms with Gasteiger partial charge in [0.1, 0.15) is 0 Å². The van der Waals surface area contributed by atoms with Crippen LogP contribution in [0.3, 0.4) is 0 Å². The molecule has 0 N–H and O–H groups in total. The summed E-state index contributed by atoms with van der Waals surface area (Å²) < 4.78 is 0. The van der Waals surface area contributed by atoms with Gasteiger partial charge in [0, 0.05) is 0 Å². The van der Waals surface area contributed by atoms with Crippen LogP contribution in [0.25, 0.3) is 0 Å². The predicted molar refractivity (Wildman–Crippen MR) is 104 cm³/mol. The highest BCUT2D eigenvalue weighted by atomic mass is 14.0. The van der Waals surface area contributed by atoms with Gasteiger partial charge in [-0.25, -0.2) is 0 Å². The third-order valence-corrected chi connectivity index (χ3v) is 4.86. The van der Waals surface area contributed by atoms with Crippen molar-refractivity contribution in [3.8, 4) is 0 Å². The lowest BCUT2D eigenvalue weighted by Gasteiger charge is -2.18. The molecule has 1 aromatic rings. The molecule has 0 aliphatic carbocycles. The maximum atomic E-state index is 2.42. The number of aryl methyl sites for hydroxylation is 1. The van der Waals surface area contributed by atoms with Gasteiger partial charge in [-0.05, 0) is 12.8 Å². The second kappa shape index (κ2) is 12.8. The average Bonchev–Trinajstić information content (AvgIpc) is 2.55. The van der Waals surface area contributed by atoms with Gasteiger partial charge in [-0.1, -0.05) is 120 Å². The van der Waals surface area contributed by atoms with Crippen LogP contribution >= 0.6 is 0 Å². The minimum absolute atomic E-state index is 0.802. The van der Waals surface area contributed by atoms with Gasteiger partial charge < -0.3 is 0 Å². The molecule has 0 amide bonds. The molecule has 0 radical (unpaired) electrons. The highest BCUT2D eigenvalue weighted by Crippen LogP contribution is 2.15. The second-order valence-corrected chi connectivity index (χ2v) is 6.84. The first kappa shape index (κ1) is 19.3. The first-order valence-corrected chi connectivity index (χ1v) is 9.91. The third kappa shape index (κ3) is 7.52. The molecule has 0 aliphatic heterocycles. The molecule has 0 unspecified atom stereocenters. The van der Waals surface area contributed by atoms with Gasteiger partial charge in [0.2, 0.25) is 0 Å². The number of benzene rings is 1. The lowest BCUT2D eigenvalue weighted by Crippen LogP contribution is -2.32. The van der Waals surface area contributed by atoms with Crippen molar-refractivity contribution in [1.82, 2.24) is 0 Å². The summed E-state index contributed by atoms with van der Waals surface area (Å²) in [6, 6.07) is 9.30. The summed E-state index contributed by atoms with van der Waals surface area (Å²) in [7, 11) is 0. The Morgan fingerprint density at radius 1 is 0.682 bits per heavy atom. The number of hydrogen-bond acceptors (Lipinski definition) is 0. The van der Waals surface area contributed by atoms with Gasteiger partial charge in [-0.2, -0.15) is 0 Å². The lowest BCUT2D eigenvalue weighted by molar-refractivity contribution is 0.718. The Morgan fingerprint density at radius 3 is 1.82 bits per heavy atom. The van der Waals surface area contributed by atoms with Crippen molar-refractivity contribution in [3.63, 3.8) is 0 Å². The maximum absolute atomic E-state index is 2.42. The highest BCUT2D eigenvalue weighted by molar-refractivity contribution is 6.73. The Balaban J connectivity index is 2.72. The van der Waals surface area contributed by atoms with Crippen LogP contribution in [-0.2, 0) is 6.42 Å². The molecule has 0 spiro atoms. The van der Waals surface area contributed by atoms with Crippen LogP contribution in [0, 0.1) is 0 Å². The molecule has 1 rings (SSSR count). The fraction of sp³-hybridized carbons (Fsp3) is 0.714. The molecule has 0 fully saturated rings. The van der Waals surface area contributed by atoms with Crippen LogP contribution in [0.4, 0.5) is 0 Å². The quantitative estimate of drug-likeness (QED) is 0.288. The maximum Gasteiger partial charge on any atom is 0.176 e. The monoisotopic (exact) mass is 300 g/mol. The highest BCUT2D eigenvalue weighted by Gasteiger charge is 2.18. The molecule has 0 aromatic heterocycles. The Bertz CT molecular complexity index is 362. The Hall–Kier alpha value is -0.715. The zero-order valence-electron chi connectivity index (χ0n) is 15.4. The Morgan fingerprint density at radius 2 is 1.23 bits per heavy atom. The summed E-state index contributed by atoms with van der Waals surface area (Å²) in [6.45, 7) is 7.72. The zero-order valence-corrected chi connectivity index (χ0v) is 15.4. The van der Waals surface area contributed by atoms with Crippen LogP contribution < -0.4 is 5.46 Å². The molecule has 0 heterocycles. The minimum Gasteiger partial charge on any atom is -0.0769 e. The van der Waals surface area contributed by atoms with Crippen LogP contribution in [0.2, 0.25) is 12.6 Å².